The summed E-state index contributed by atoms with van der Waals surface area (Å²) >= 11 is 0. The fraction of sp³-hybridized carbons (Fsp3) is 0.304. The molecule has 2 aromatic heterocycles. The van der Waals surface area contributed by atoms with Crippen molar-refractivity contribution in [2.75, 3.05) is 6.54 Å². The van der Waals surface area contributed by atoms with Gasteiger partial charge in [0.05, 0.1) is 18.7 Å². The molecule has 0 aliphatic rings. The summed E-state index contributed by atoms with van der Waals surface area (Å²) in [4.78, 5) is 63.2. The number of imidazole rings is 2. The standard InChI is InChI=1S/C23H28N8O6/c24-17(6-14-8-25-11-28-14)21(35)30-19(7-15-9-26-12-29-15)23(37)31-18(22(36)27-10-20(33)34)5-13-1-3-16(32)4-2-13/h1-4,8-9,11-12,17-19,32H,5-7,10,24H2,(H,25,28)(H,26,29)(H,27,36)(H,30,35)(H,31,37)(H,33,34). The minimum absolute atomic E-state index is 0.00152. The number of aromatic hydroxyl groups is 1. The molecule has 14 heteroatoms. The number of amides is 3. The quantitative estimate of drug-likeness (QED) is 0.131. The number of phenolic OH excluding ortho intramolecular Hbond substituents is 1. The second kappa shape index (κ2) is 12.8. The van der Waals surface area contributed by atoms with Crippen LogP contribution in [0.5, 0.6) is 5.75 Å². The molecule has 14 nitrogen and oxygen atoms in total. The fourth-order valence-electron chi connectivity index (χ4n) is 3.47. The van der Waals surface area contributed by atoms with Gasteiger partial charge < -0.3 is 41.9 Å². The number of carboxylic acids is 1. The van der Waals surface area contributed by atoms with E-state index in [9.17, 15) is 24.3 Å². The highest BCUT2D eigenvalue weighted by Gasteiger charge is 2.29. The Balaban J connectivity index is 1.75. The summed E-state index contributed by atoms with van der Waals surface area (Å²) in [5, 5.41) is 25.9. The summed E-state index contributed by atoms with van der Waals surface area (Å²) in [6, 6.07) is 2.70. The molecule has 0 aliphatic heterocycles. The van der Waals surface area contributed by atoms with E-state index in [-0.39, 0.29) is 25.0 Å². The minimum Gasteiger partial charge on any atom is -0.508 e. The Hall–Kier alpha value is -4.72. The van der Waals surface area contributed by atoms with Crippen LogP contribution in [-0.2, 0) is 38.4 Å². The number of nitrogens with one attached hydrogen (secondary N) is 5. The number of aromatic amines is 2. The average molecular weight is 513 g/mol. The molecule has 1 aromatic carbocycles. The van der Waals surface area contributed by atoms with Crippen LogP contribution >= 0.6 is 0 Å². The van der Waals surface area contributed by atoms with Gasteiger partial charge in [-0.1, -0.05) is 12.1 Å². The molecule has 2 heterocycles. The first-order chi connectivity index (χ1) is 17.7. The number of benzene rings is 1. The SMILES string of the molecule is NC(Cc1cnc[nH]1)C(=O)NC(Cc1cnc[nH]1)C(=O)NC(Cc1ccc(O)cc1)C(=O)NCC(=O)O. The zero-order chi connectivity index (χ0) is 26.8. The molecular formula is C23H28N8O6. The molecule has 0 bridgehead atoms. The monoisotopic (exact) mass is 512 g/mol. The van der Waals surface area contributed by atoms with E-state index in [0.29, 0.717) is 17.0 Å². The Morgan fingerprint density at radius 3 is 1.97 bits per heavy atom. The zero-order valence-electron chi connectivity index (χ0n) is 19.7. The summed E-state index contributed by atoms with van der Waals surface area (Å²) < 4.78 is 0. The third-order valence-corrected chi connectivity index (χ3v) is 5.37. The highest BCUT2D eigenvalue weighted by molar-refractivity contribution is 5.94. The smallest absolute Gasteiger partial charge is 0.322 e. The number of rotatable bonds is 13. The van der Waals surface area contributed by atoms with Crippen LogP contribution in [0.15, 0.2) is 49.3 Å². The van der Waals surface area contributed by atoms with Gasteiger partial charge in [-0.15, -0.1) is 0 Å². The highest BCUT2D eigenvalue weighted by Crippen LogP contribution is 2.12. The number of aliphatic carboxylic acids is 1. The van der Waals surface area contributed by atoms with Gasteiger partial charge in [0, 0.05) is 43.0 Å². The summed E-state index contributed by atoms with van der Waals surface area (Å²) in [5.41, 5.74) is 7.80. The van der Waals surface area contributed by atoms with E-state index in [1.54, 1.807) is 12.1 Å². The van der Waals surface area contributed by atoms with E-state index in [4.69, 9.17) is 10.8 Å². The van der Waals surface area contributed by atoms with Crippen molar-refractivity contribution in [3.05, 3.63) is 66.3 Å². The van der Waals surface area contributed by atoms with Crippen molar-refractivity contribution in [1.29, 1.82) is 0 Å². The first-order valence-electron chi connectivity index (χ1n) is 11.3. The number of carboxylic acid groups (broad SMARTS) is 1. The predicted molar refractivity (Wildman–Crippen MR) is 129 cm³/mol. The second-order valence-electron chi connectivity index (χ2n) is 8.27. The van der Waals surface area contributed by atoms with Crippen LogP contribution in [0.4, 0.5) is 0 Å². The number of carbonyl (C=O) groups is 4. The summed E-state index contributed by atoms with van der Waals surface area (Å²) in [5.74, 6) is -3.25. The first kappa shape index (κ1) is 26.9. The third kappa shape index (κ3) is 8.47. The molecule has 0 radical (unpaired) electrons. The molecule has 0 saturated carbocycles. The molecule has 0 aliphatic carbocycles. The molecule has 9 N–H and O–H groups in total. The topological polar surface area (TPSA) is 228 Å². The maximum atomic E-state index is 13.3. The van der Waals surface area contributed by atoms with Crippen LogP contribution in [0, 0.1) is 0 Å². The Kier molecular flexibility index (Phi) is 9.32. The highest BCUT2D eigenvalue weighted by atomic mass is 16.4. The Morgan fingerprint density at radius 2 is 1.41 bits per heavy atom. The molecule has 3 atom stereocenters. The van der Waals surface area contributed by atoms with Gasteiger partial charge in [0.25, 0.3) is 0 Å². The van der Waals surface area contributed by atoms with Crippen molar-refractivity contribution in [2.24, 2.45) is 5.73 Å². The van der Waals surface area contributed by atoms with Crippen LogP contribution in [0.3, 0.4) is 0 Å². The Morgan fingerprint density at radius 1 is 0.838 bits per heavy atom. The van der Waals surface area contributed by atoms with Crippen LogP contribution < -0.4 is 21.7 Å². The summed E-state index contributed by atoms with van der Waals surface area (Å²) in [6.45, 7) is -0.641. The van der Waals surface area contributed by atoms with Gasteiger partial charge in [0.2, 0.25) is 17.7 Å². The van der Waals surface area contributed by atoms with Crippen molar-refractivity contribution >= 4 is 23.7 Å². The molecule has 3 amide bonds. The number of nitrogens with zero attached hydrogens (tertiary/aromatic N) is 2. The van der Waals surface area contributed by atoms with E-state index < -0.39 is 48.4 Å². The van der Waals surface area contributed by atoms with Crippen LogP contribution in [0.1, 0.15) is 17.0 Å². The maximum Gasteiger partial charge on any atom is 0.322 e. The molecule has 3 rings (SSSR count). The largest absolute Gasteiger partial charge is 0.508 e. The molecule has 3 unspecified atom stereocenters. The first-order valence-corrected chi connectivity index (χ1v) is 11.3. The summed E-state index contributed by atoms with van der Waals surface area (Å²) in [6.07, 6.45) is 6.08. The van der Waals surface area contributed by atoms with Crippen LogP contribution in [0.2, 0.25) is 0 Å². The Bertz CT molecular complexity index is 1180. The third-order valence-electron chi connectivity index (χ3n) is 5.37. The van der Waals surface area contributed by atoms with Gasteiger partial charge >= 0.3 is 5.97 Å². The number of phenols is 1. The van der Waals surface area contributed by atoms with E-state index in [1.807, 2.05) is 0 Å². The molecule has 196 valence electrons. The molecule has 0 saturated heterocycles. The lowest BCUT2D eigenvalue weighted by Crippen LogP contribution is -2.57. The number of hydrogen-bond donors (Lipinski definition) is 8. The average Bonchev–Trinajstić information content (AvgIpc) is 3.57. The van der Waals surface area contributed by atoms with Crippen molar-refractivity contribution in [3.8, 4) is 5.75 Å². The van der Waals surface area contributed by atoms with Crippen LogP contribution in [-0.4, -0.2) is 78.5 Å². The van der Waals surface area contributed by atoms with Gasteiger partial charge in [-0.3, -0.25) is 19.2 Å². The van der Waals surface area contributed by atoms with Crippen molar-refractivity contribution < 1.29 is 29.4 Å². The lowest BCUT2D eigenvalue weighted by molar-refractivity contribution is -0.138. The van der Waals surface area contributed by atoms with Crippen LogP contribution in [0.25, 0.3) is 0 Å². The lowest BCUT2D eigenvalue weighted by Gasteiger charge is -2.24. The van der Waals surface area contributed by atoms with E-state index in [2.05, 4.69) is 35.9 Å². The van der Waals surface area contributed by atoms with Crippen molar-refractivity contribution in [1.82, 2.24) is 35.9 Å². The van der Waals surface area contributed by atoms with Gasteiger partial charge in [-0.2, -0.15) is 0 Å². The van der Waals surface area contributed by atoms with Crippen molar-refractivity contribution in [2.45, 2.75) is 37.4 Å². The molecular weight excluding hydrogens is 484 g/mol. The van der Waals surface area contributed by atoms with Gasteiger partial charge in [-0.25, -0.2) is 9.97 Å². The molecule has 0 spiro atoms. The van der Waals surface area contributed by atoms with E-state index in [1.165, 1.54) is 37.2 Å². The second-order valence-corrected chi connectivity index (χ2v) is 8.27. The van der Waals surface area contributed by atoms with Gasteiger partial charge in [0.1, 0.15) is 24.4 Å². The van der Waals surface area contributed by atoms with E-state index >= 15 is 0 Å². The van der Waals surface area contributed by atoms with E-state index in [0.717, 1.165) is 0 Å². The zero-order valence-corrected chi connectivity index (χ0v) is 19.7. The maximum absolute atomic E-state index is 13.3. The molecule has 3 aromatic rings. The molecule has 37 heavy (non-hydrogen) atoms. The fourth-order valence-corrected chi connectivity index (χ4v) is 3.47. The van der Waals surface area contributed by atoms with Gasteiger partial charge in [-0.05, 0) is 17.7 Å². The normalized spacial score (nSPS) is 13.2. The number of aromatic nitrogens is 4. The Labute approximate surface area is 211 Å². The lowest BCUT2D eigenvalue weighted by atomic mass is 10.0. The minimum atomic E-state index is -1.25. The number of nitrogens with two attached hydrogens (primary N) is 1. The number of hydrogen-bond acceptors (Lipinski definition) is 8. The number of carbonyl (C=O) groups excluding carboxylic acids is 3. The number of H-pyrrole nitrogens is 2. The summed E-state index contributed by atoms with van der Waals surface area (Å²) in [7, 11) is 0. The predicted octanol–water partition coefficient (Wildman–Crippen LogP) is -1.64. The van der Waals surface area contributed by atoms with Gasteiger partial charge in [0.15, 0.2) is 0 Å². The van der Waals surface area contributed by atoms with Crippen molar-refractivity contribution in [3.63, 3.8) is 0 Å². The molecule has 0 fully saturated rings.